The van der Waals surface area contributed by atoms with Gasteiger partial charge in [0, 0.05) is 25.3 Å². The first-order chi connectivity index (χ1) is 6.47. The molecule has 1 unspecified atom stereocenters. The first-order valence-corrected chi connectivity index (χ1v) is 6.71. The molecule has 14 heavy (non-hydrogen) atoms. The quantitative estimate of drug-likeness (QED) is 0.630. The van der Waals surface area contributed by atoms with Gasteiger partial charge in [0.1, 0.15) is 9.84 Å². The number of sulfone groups is 1. The van der Waals surface area contributed by atoms with Gasteiger partial charge < -0.3 is 10.6 Å². The Morgan fingerprint density at radius 3 is 2.79 bits per heavy atom. The monoisotopic (exact) mass is 220 g/mol. The molecule has 0 bridgehead atoms. The number of hydrogen-bond acceptors (Lipinski definition) is 4. The third kappa shape index (κ3) is 4.57. The molecule has 1 aliphatic rings. The van der Waals surface area contributed by atoms with Gasteiger partial charge in [0.05, 0.1) is 5.75 Å². The minimum atomic E-state index is -3.03. The van der Waals surface area contributed by atoms with E-state index in [2.05, 4.69) is 10.6 Å². The van der Waals surface area contributed by atoms with Crippen molar-refractivity contribution < 1.29 is 13.2 Å². The van der Waals surface area contributed by atoms with Crippen LogP contribution in [-0.2, 0) is 14.6 Å². The van der Waals surface area contributed by atoms with E-state index in [1.54, 1.807) is 0 Å². The Bertz CT molecular complexity index is 294. The Balaban J connectivity index is 2.22. The lowest BCUT2D eigenvalue weighted by atomic mass is 10.2. The number of amides is 1. The van der Waals surface area contributed by atoms with Gasteiger partial charge in [-0.1, -0.05) is 0 Å². The highest BCUT2D eigenvalue weighted by Gasteiger charge is 2.17. The minimum absolute atomic E-state index is 0.0648. The van der Waals surface area contributed by atoms with Gasteiger partial charge in [0.25, 0.3) is 0 Å². The fourth-order valence-electron chi connectivity index (χ4n) is 1.36. The fourth-order valence-corrected chi connectivity index (χ4v) is 1.91. The zero-order valence-electron chi connectivity index (χ0n) is 8.25. The molecule has 1 saturated heterocycles. The van der Waals surface area contributed by atoms with E-state index < -0.39 is 9.84 Å². The van der Waals surface area contributed by atoms with E-state index in [1.165, 1.54) is 0 Å². The van der Waals surface area contributed by atoms with Crippen LogP contribution in [0.25, 0.3) is 0 Å². The predicted molar refractivity (Wildman–Crippen MR) is 53.7 cm³/mol. The van der Waals surface area contributed by atoms with Crippen LogP contribution in [0.5, 0.6) is 0 Å². The second-order valence-electron chi connectivity index (χ2n) is 3.64. The van der Waals surface area contributed by atoms with E-state index in [9.17, 15) is 13.2 Å². The van der Waals surface area contributed by atoms with Crippen LogP contribution in [-0.4, -0.2) is 45.5 Å². The molecule has 1 heterocycles. The SMILES string of the molecule is CS(=O)(=O)CCC(=O)NC1CCNC1. The molecule has 5 nitrogen and oxygen atoms in total. The average molecular weight is 220 g/mol. The van der Waals surface area contributed by atoms with Crippen molar-refractivity contribution in [1.82, 2.24) is 10.6 Å². The van der Waals surface area contributed by atoms with Crippen molar-refractivity contribution in [2.75, 3.05) is 25.1 Å². The van der Waals surface area contributed by atoms with Gasteiger partial charge in [-0.3, -0.25) is 4.79 Å². The van der Waals surface area contributed by atoms with Crippen molar-refractivity contribution >= 4 is 15.7 Å². The molecule has 0 spiro atoms. The summed E-state index contributed by atoms with van der Waals surface area (Å²) in [6.07, 6.45) is 2.12. The molecule has 2 N–H and O–H groups in total. The van der Waals surface area contributed by atoms with Crippen molar-refractivity contribution in [3.8, 4) is 0 Å². The van der Waals surface area contributed by atoms with Gasteiger partial charge in [-0.15, -0.1) is 0 Å². The summed E-state index contributed by atoms with van der Waals surface area (Å²) in [5.74, 6) is -0.247. The van der Waals surface area contributed by atoms with Crippen LogP contribution in [0, 0.1) is 0 Å². The van der Waals surface area contributed by atoms with Crippen LogP contribution in [0.15, 0.2) is 0 Å². The summed E-state index contributed by atoms with van der Waals surface area (Å²) in [4.78, 5) is 11.2. The summed E-state index contributed by atoms with van der Waals surface area (Å²) in [7, 11) is -3.03. The maximum atomic E-state index is 11.2. The van der Waals surface area contributed by atoms with E-state index >= 15 is 0 Å². The molecule has 82 valence electrons. The van der Waals surface area contributed by atoms with E-state index in [1.807, 2.05) is 0 Å². The Kier molecular flexibility index (Phi) is 3.88. The number of nitrogens with one attached hydrogen (secondary N) is 2. The topological polar surface area (TPSA) is 75.3 Å². The summed E-state index contributed by atoms with van der Waals surface area (Å²) < 4.78 is 21.6. The van der Waals surface area contributed by atoms with Gasteiger partial charge in [-0.05, 0) is 13.0 Å². The van der Waals surface area contributed by atoms with Gasteiger partial charge in [0.15, 0.2) is 0 Å². The lowest BCUT2D eigenvalue weighted by Gasteiger charge is -2.10. The number of carbonyl (C=O) groups is 1. The standard InChI is InChI=1S/C8H16N2O3S/c1-14(12,13)5-3-8(11)10-7-2-4-9-6-7/h7,9H,2-6H2,1H3,(H,10,11). The first kappa shape index (κ1) is 11.5. The predicted octanol–water partition coefficient (Wildman–Crippen LogP) is -1.10. The first-order valence-electron chi connectivity index (χ1n) is 4.65. The molecule has 1 aliphatic heterocycles. The van der Waals surface area contributed by atoms with Crippen molar-refractivity contribution in [3.63, 3.8) is 0 Å². The third-order valence-electron chi connectivity index (χ3n) is 2.13. The van der Waals surface area contributed by atoms with Crippen LogP contribution in [0.4, 0.5) is 0 Å². The van der Waals surface area contributed by atoms with Crippen LogP contribution < -0.4 is 10.6 Å². The van der Waals surface area contributed by atoms with E-state index in [4.69, 9.17) is 0 Å². The average Bonchev–Trinajstić information content (AvgIpc) is 2.52. The summed E-state index contributed by atoms with van der Waals surface area (Å²) in [5, 5.41) is 5.90. The number of carbonyl (C=O) groups excluding carboxylic acids is 1. The van der Waals surface area contributed by atoms with Gasteiger partial charge in [0.2, 0.25) is 5.91 Å². The Hall–Kier alpha value is -0.620. The molecule has 0 aromatic carbocycles. The lowest BCUT2D eigenvalue weighted by Crippen LogP contribution is -2.36. The maximum Gasteiger partial charge on any atom is 0.221 e. The van der Waals surface area contributed by atoms with Crippen LogP contribution in [0.3, 0.4) is 0 Å². The second-order valence-corrected chi connectivity index (χ2v) is 5.90. The Labute approximate surface area is 84.2 Å². The highest BCUT2D eigenvalue weighted by molar-refractivity contribution is 7.90. The molecule has 0 saturated carbocycles. The normalized spacial score (nSPS) is 22.2. The van der Waals surface area contributed by atoms with Crippen molar-refractivity contribution in [1.29, 1.82) is 0 Å². The Morgan fingerprint density at radius 2 is 2.29 bits per heavy atom. The van der Waals surface area contributed by atoms with Crippen molar-refractivity contribution in [2.45, 2.75) is 18.9 Å². The molecule has 1 amide bonds. The zero-order chi connectivity index (χ0) is 10.6. The highest BCUT2D eigenvalue weighted by Crippen LogP contribution is 1.98. The molecular formula is C8H16N2O3S. The number of rotatable bonds is 4. The van der Waals surface area contributed by atoms with Crippen LogP contribution in [0.2, 0.25) is 0 Å². The molecule has 0 aromatic rings. The lowest BCUT2D eigenvalue weighted by molar-refractivity contribution is -0.121. The van der Waals surface area contributed by atoms with E-state index in [0.29, 0.717) is 0 Å². The molecule has 0 radical (unpaired) electrons. The summed E-state index contributed by atoms with van der Waals surface area (Å²) in [6, 6.07) is 0.169. The highest BCUT2D eigenvalue weighted by atomic mass is 32.2. The van der Waals surface area contributed by atoms with E-state index in [0.717, 1.165) is 25.8 Å². The van der Waals surface area contributed by atoms with Crippen molar-refractivity contribution in [3.05, 3.63) is 0 Å². The minimum Gasteiger partial charge on any atom is -0.352 e. The molecule has 6 heteroatoms. The molecule has 1 atom stereocenters. The van der Waals surface area contributed by atoms with E-state index in [-0.39, 0.29) is 24.1 Å². The number of hydrogen-bond donors (Lipinski definition) is 2. The van der Waals surface area contributed by atoms with Gasteiger partial charge >= 0.3 is 0 Å². The largest absolute Gasteiger partial charge is 0.352 e. The third-order valence-corrected chi connectivity index (χ3v) is 3.07. The van der Waals surface area contributed by atoms with Gasteiger partial charge in [-0.25, -0.2) is 8.42 Å². The molecule has 1 fully saturated rings. The fraction of sp³-hybridized carbons (Fsp3) is 0.875. The summed E-state index contributed by atoms with van der Waals surface area (Å²) in [5.41, 5.74) is 0. The second kappa shape index (κ2) is 4.75. The van der Waals surface area contributed by atoms with Crippen LogP contribution >= 0.6 is 0 Å². The summed E-state index contributed by atoms with van der Waals surface area (Å²) >= 11 is 0. The zero-order valence-corrected chi connectivity index (χ0v) is 9.06. The molecule has 1 rings (SSSR count). The van der Waals surface area contributed by atoms with Crippen LogP contribution in [0.1, 0.15) is 12.8 Å². The maximum absolute atomic E-state index is 11.2. The summed E-state index contributed by atoms with van der Waals surface area (Å²) in [6.45, 7) is 1.70. The molecule has 0 aliphatic carbocycles. The van der Waals surface area contributed by atoms with Crippen molar-refractivity contribution in [2.24, 2.45) is 0 Å². The molecular weight excluding hydrogens is 204 g/mol. The smallest absolute Gasteiger partial charge is 0.221 e. The van der Waals surface area contributed by atoms with Gasteiger partial charge in [-0.2, -0.15) is 0 Å². The Morgan fingerprint density at radius 1 is 1.57 bits per heavy atom. The molecule has 0 aromatic heterocycles.